The zero-order valence-corrected chi connectivity index (χ0v) is 8.72. The minimum absolute atomic E-state index is 0.900. The Morgan fingerprint density at radius 3 is 2.86 bits per heavy atom. The van der Waals surface area contributed by atoms with Crippen molar-refractivity contribution in [3.8, 4) is 0 Å². The summed E-state index contributed by atoms with van der Waals surface area (Å²) in [4.78, 5) is 0. The highest BCUT2D eigenvalue weighted by Crippen LogP contribution is 2.28. The van der Waals surface area contributed by atoms with E-state index in [0.29, 0.717) is 0 Å². The summed E-state index contributed by atoms with van der Waals surface area (Å²) >= 11 is 0. The van der Waals surface area contributed by atoms with Crippen molar-refractivity contribution in [1.29, 1.82) is 0 Å². The van der Waals surface area contributed by atoms with Crippen LogP contribution in [-0.4, -0.2) is 6.54 Å². The van der Waals surface area contributed by atoms with E-state index in [4.69, 9.17) is 5.73 Å². The van der Waals surface area contributed by atoms with Gasteiger partial charge in [0.05, 0.1) is 0 Å². The highest BCUT2D eigenvalue weighted by atomic mass is 14.9. The number of fused-ring (bicyclic) bond motifs is 1. The Morgan fingerprint density at radius 2 is 2.07 bits per heavy atom. The molecule has 1 aliphatic rings. The van der Waals surface area contributed by atoms with E-state index in [1.54, 1.807) is 0 Å². The van der Waals surface area contributed by atoms with Crippen molar-refractivity contribution in [1.82, 2.24) is 0 Å². The van der Waals surface area contributed by atoms with Gasteiger partial charge in [-0.1, -0.05) is 17.7 Å². The Kier molecular flexibility index (Phi) is 2.20. The number of anilines is 1. The molecule has 1 heterocycles. The summed E-state index contributed by atoms with van der Waals surface area (Å²) in [6.07, 6.45) is 3.09. The van der Waals surface area contributed by atoms with Crippen LogP contribution in [0.1, 0.15) is 23.1 Å². The van der Waals surface area contributed by atoms with Gasteiger partial charge in [0.2, 0.25) is 0 Å². The highest BCUT2D eigenvalue weighted by Gasteiger charge is 2.10. The second kappa shape index (κ2) is 3.37. The molecule has 74 valence electrons. The lowest BCUT2D eigenvalue weighted by Crippen LogP contribution is -2.04. The quantitative estimate of drug-likeness (QED) is 0.656. The van der Waals surface area contributed by atoms with Crippen molar-refractivity contribution in [3.05, 3.63) is 34.9 Å². The van der Waals surface area contributed by atoms with Crippen molar-refractivity contribution in [3.63, 3.8) is 0 Å². The maximum absolute atomic E-state index is 6.01. The molecule has 0 saturated carbocycles. The van der Waals surface area contributed by atoms with Gasteiger partial charge in [-0.25, -0.2) is 0 Å². The molecular weight excluding hydrogens is 172 g/mol. The number of nitrogens with two attached hydrogens (primary N) is 1. The van der Waals surface area contributed by atoms with Gasteiger partial charge in [0, 0.05) is 23.5 Å². The third-order valence-corrected chi connectivity index (χ3v) is 2.60. The van der Waals surface area contributed by atoms with Crippen LogP contribution in [-0.2, 0) is 0 Å². The molecule has 14 heavy (non-hydrogen) atoms. The largest absolute Gasteiger partial charge is 0.398 e. The lowest BCUT2D eigenvalue weighted by atomic mass is 10.0. The van der Waals surface area contributed by atoms with Gasteiger partial charge >= 0.3 is 0 Å². The fraction of sp³-hybridized carbons (Fsp3) is 0.333. The summed E-state index contributed by atoms with van der Waals surface area (Å²) < 4.78 is 0. The predicted molar refractivity (Wildman–Crippen MR) is 61.2 cm³/mol. The summed E-state index contributed by atoms with van der Waals surface area (Å²) in [5.74, 6) is 0. The molecule has 0 amide bonds. The summed E-state index contributed by atoms with van der Waals surface area (Å²) in [6, 6.07) is 4.33. The van der Waals surface area contributed by atoms with Crippen molar-refractivity contribution in [2.45, 2.75) is 20.3 Å². The summed E-state index contributed by atoms with van der Waals surface area (Å²) in [7, 11) is 0. The third-order valence-electron chi connectivity index (χ3n) is 2.60. The third kappa shape index (κ3) is 1.48. The van der Waals surface area contributed by atoms with Gasteiger partial charge < -0.3 is 11.1 Å². The molecule has 0 aromatic heterocycles. The van der Waals surface area contributed by atoms with E-state index >= 15 is 0 Å². The zero-order chi connectivity index (χ0) is 10.1. The van der Waals surface area contributed by atoms with Crippen LogP contribution in [0.2, 0.25) is 0 Å². The Balaban J connectivity index is 2.63. The van der Waals surface area contributed by atoms with E-state index in [2.05, 4.69) is 37.4 Å². The van der Waals surface area contributed by atoms with E-state index in [1.165, 1.54) is 16.8 Å². The van der Waals surface area contributed by atoms with Crippen molar-refractivity contribution in [2.75, 3.05) is 11.9 Å². The molecule has 0 saturated heterocycles. The average Bonchev–Trinajstić information content (AvgIpc) is 2.29. The normalized spacial score (nSPS) is 15.1. The van der Waals surface area contributed by atoms with E-state index in [-0.39, 0.29) is 0 Å². The van der Waals surface area contributed by atoms with Crippen LogP contribution < -0.4 is 11.1 Å². The van der Waals surface area contributed by atoms with Crippen molar-refractivity contribution >= 4 is 11.4 Å². The molecule has 1 aliphatic heterocycles. The summed E-state index contributed by atoms with van der Waals surface area (Å²) in [5, 5.41) is 3.42. The first-order chi connectivity index (χ1) is 6.68. The molecule has 0 bridgehead atoms. The van der Waals surface area contributed by atoms with Crippen molar-refractivity contribution < 1.29 is 0 Å². The second-order valence-corrected chi connectivity index (χ2v) is 3.88. The molecule has 0 aliphatic carbocycles. The zero-order valence-electron chi connectivity index (χ0n) is 8.72. The molecule has 0 radical (unpaired) electrons. The van der Waals surface area contributed by atoms with Crippen LogP contribution >= 0.6 is 0 Å². The van der Waals surface area contributed by atoms with E-state index in [0.717, 1.165) is 24.2 Å². The van der Waals surface area contributed by atoms with Gasteiger partial charge in [-0.2, -0.15) is 0 Å². The van der Waals surface area contributed by atoms with Crippen LogP contribution in [0.3, 0.4) is 0 Å². The van der Waals surface area contributed by atoms with Gasteiger partial charge in [0.1, 0.15) is 0 Å². The molecule has 1 aromatic rings. The SMILES string of the molecule is Cc1cc(C)c2c(c1)C(N)=CCCN2. The maximum Gasteiger partial charge on any atom is 0.0464 e. The Morgan fingerprint density at radius 1 is 1.29 bits per heavy atom. The Bertz CT molecular complexity index is 392. The van der Waals surface area contributed by atoms with Gasteiger partial charge in [-0.15, -0.1) is 0 Å². The van der Waals surface area contributed by atoms with Gasteiger partial charge in [0.25, 0.3) is 0 Å². The fourth-order valence-corrected chi connectivity index (χ4v) is 1.96. The number of rotatable bonds is 0. The van der Waals surface area contributed by atoms with Gasteiger partial charge in [-0.3, -0.25) is 0 Å². The molecule has 0 fully saturated rings. The average molecular weight is 188 g/mol. The van der Waals surface area contributed by atoms with Crippen molar-refractivity contribution in [2.24, 2.45) is 5.73 Å². The van der Waals surface area contributed by atoms with E-state index in [9.17, 15) is 0 Å². The molecule has 0 unspecified atom stereocenters. The minimum Gasteiger partial charge on any atom is -0.398 e. The predicted octanol–water partition coefficient (Wildman–Crippen LogP) is 2.42. The first-order valence-corrected chi connectivity index (χ1v) is 4.99. The molecular formula is C12H16N2. The highest BCUT2D eigenvalue weighted by molar-refractivity contribution is 5.78. The number of nitrogens with one attached hydrogen (secondary N) is 1. The lowest BCUT2D eigenvalue weighted by Gasteiger charge is -2.13. The smallest absolute Gasteiger partial charge is 0.0464 e. The first kappa shape index (κ1) is 9.13. The Hall–Kier alpha value is -1.44. The summed E-state index contributed by atoms with van der Waals surface area (Å²) in [5.41, 5.74) is 11.8. The minimum atomic E-state index is 0.900. The molecule has 0 spiro atoms. The molecule has 2 rings (SSSR count). The number of hydrogen-bond acceptors (Lipinski definition) is 2. The van der Waals surface area contributed by atoms with Crippen LogP contribution in [0.4, 0.5) is 5.69 Å². The topological polar surface area (TPSA) is 38.0 Å². The maximum atomic E-state index is 6.01. The van der Waals surface area contributed by atoms with Crippen LogP contribution in [0.25, 0.3) is 5.70 Å². The lowest BCUT2D eigenvalue weighted by molar-refractivity contribution is 1.07. The molecule has 3 N–H and O–H groups in total. The number of aryl methyl sites for hydroxylation is 2. The standard InChI is InChI=1S/C12H16N2/c1-8-6-9(2)12-10(7-8)11(13)4-3-5-14-12/h4,6-7,14H,3,5,13H2,1-2H3. The van der Waals surface area contributed by atoms with Crippen LogP contribution in [0.5, 0.6) is 0 Å². The fourth-order valence-electron chi connectivity index (χ4n) is 1.96. The van der Waals surface area contributed by atoms with Gasteiger partial charge in [-0.05, 0) is 31.9 Å². The van der Waals surface area contributed by atoms with E-state index in [1.807, 2.05) is 0 Å². The Labute approximate surface area is 84.8 Å². The van der Waals surface area contributed by atoms with E-state index < -0.39 is 0 Å². The monoisotopic (exact) mass is 188 g/mol. The molecule has 2 heteroatoms. The van der Waals surface area contributed by atoms with Crippen LogP contribution in [0, 0.1) is 13.8 Å². The number of benzene rings is 1. The first-order valence-electron chi connectivity index (χ1n) is 4.99. The number of hydrogen-bond donors (Lipinski definition) is 2. The molecule has 2 nitrogen and oxygen atoms in total. The summed E-state index contributed by atoms with van der Waals surface area (Å²) in [6.45, 7) is 5.19. The van der Waals surface area contributed by atoms with Gasteiger partial charge in [0.15, 0.2) is 0 Å². The molecule has 0 atom stereocenters. The van der Waals surface area contributed by atoms with Crippen LogP contribution in [0.15, 0.2) is 18.2 Å². The molecule has 1 aromatic carbocycles. The second-order valence-electron chi connectivity index (χ2n) is 3.88.